The maximum Gasteiger partial charge on any atom is 0.261 e. The summed E-state index contributed by atoms with van der Waals surface area (Å²) in [5, 5.41) is 20.6. The van der Waals surface area contributed by atoms with Gasteiger partial charge in [-0.1, -0.05) is 42.5 Å². The molecular formula is C16H24O8S2. The molecule has 0 spiro atoms. The van der Waals surface area contributed by atoms with E-state index in [1.807, 2.05) is 18.2 Å². The van der Waals surface area contributed by atoms with E-state index in [1.165, 1.54) is 16.3 Å². The third kappa shape index (κ3) is 14.8. The molecule has 2 aromatic rings. The number of fused-ring (bicyclic) bond motifs is 1. The number of aliphatic hydroxyl groups excluding tert-OH is 2. The lowest BCUT2D eigenvalue weighted by Gasteiger charge is -2.09. The van der Waals surface area contributed by atoms with Crippen molar-refractivity contribution in [3.63, 3.8) is 0 Å². The van der Waals surface area contributed by atoms with Crippen LogP contribution in [0.4, 0.5) is 0 Å². The highest BCUT2D eigenvalue weighted by atomic mass is 32.2. The first-order valence-electron chi connectivity index (χ1n) is 7.41. The third-order valence-electron chi connectivity index (χ3n) is 2.84. The van der Waals surface area contributed by atoms with Gasteiger partial charge in [-0.15, -0.1) is 0 Å². The smallest absolute Gasteiger partial charge is 0.261 e. The van der Waals surface area contributed by atoms with E-state index in [9.17, 15) is 21.9 Å². The summed E-state index contributed by atoms with van der Waals surface area (Å²) in [6, 6.07) is 14.4. The predicted octanol–water partition coefficient (Wildman–Crippen LogP) is 1.13. The Bertz CT molecular complexity index is 825. The average molecular weight is 408 g/mol. The van der Waals surface area contributed by atoms with Crippen LogP contribution < -0.4 is 0 Å². The van der Waals surface area contributed by atoms with E-state index in [1.54, 1.807) is 0 Å². The molecule has 0 saturated heterocycles. The maximum atomic E-state index is 9.34. The first-order chi connectivity index (χ1) is 11.8. The SMILES string of the molecule is CS(=O)(=O)O.CS(=O)(=O)O.OCC(O)CCc1cccc2ccccc12. The van der Waals surface area contributed by atoms with Gasteiger partial charge in [0.15, 0.2) is 0 Å². The summed E-state index contributed by atoms with van der Waals surface area (Å²) in [6.07, 6.45) is 2.21. The second kappa shape index (κ2) is 11.2. The molecule has 0 fully saturated rings. The zero-order chi connectivity index (χ0) is 20.4. The molecular weight excluding hydrogens is 384 g/mol. The van der Waals surface area contributed by atoms with Crippen LogP contribution >= 0.6 is 0 Å². The van der Waals surface area contributed by atoms with Gasteiger partial charge in [0, 0.05) is 0 Å². The summed E-state index contributed by atoms with van der Waals surface area (Å²) in [5.41, 5.74) is 1.23. The van der Waals surface area contributed by atoms with Crippen molar-refractivity contribution in [3.8, 4) is 0 Å². The van der Waals surface area contributed by atoms with E-state index < -0.39 is 26.3 Å². The van der Waals surface area contributed by atoms with E-state index >= 15 is 0 Å². The molecule has 148 valence electrons. The Kier molecular flexibility index (Phi) is 10.5. The van der Waals surface area contributed by atoms with Crippen LogP contribution in [-0.2, 0) is 26.7 Å². The molecule has 8 nitrogen and oxygen atoms in total. The van der Waals surface area contributed by atoms with E-state index in [-0.39, 0.29) is 6.61 Å². The summed E-state index contributed by atoms with van der Waals surface area (Å²) < 4.78 is 51.7. The van der Waals surface area contributed by atoms with Crippen LogP contribution in [0.1, 0.15) is 12.0 Å². The Hall–Kier alpha value is -1.56. The highest BCUT2D eigenvalue weighted by Gasteiger charge is 2.04. The molecule has 2 aromatic carbocycles. The van der Waals surface area contributed by atoms with Crippen molar-refractivity contribution in [1.82, 2.24) is 0 Å². The van der Waals surface area contributed by atoms with E-state index in [0.717, 1.165) is 6.42 Å². The molecule has 0 aliphatic heterocycles. The Balaban J connectivity index is 0.000000520. The molecule has 1 unspecified atom stereocenters. The van der Waals surface area contributed by atoms with Crippen LogP contribution in [0.3, 0.4) is 0 Å². The summed E-state index contributed by atoms with van der Waals surface area (Å²) in [6.45, 7) is -0.162. The van der Waals surface area contributed by atoms with Gasteiger partial charge in [-0.2, -0.15) is 16.8 Å². The molecule has 26 heavy (non-hydrogen) atoms. The van der Waals surface area contributed by atoms with Gasteiger partial charge < -0.3 is 10.2 Å². The molecule has 0 aromatic heterocycles. The fraction of sp³-hybridized carbons (Fsp3) is 0.375. The van der Waals surface area contributed by atoms with Gasteiger partial charge in [0.25, 0.3) is 20.2 Å². The molecule has 0 amide bonds. The van der Waals surface area contributed by atoms with Crippen molar-refractivity contribution < 1.29 is 36.2 Å². The number of aryl methyl sites for hydroxylation is 1. The van der Waals surface area contributed by atoms with Gasteiger partial charge in [0.2, 0.25) is 0 Å². The Morgan fingerprint density at radius 2 is 1.35 bits per heavy atom. The number of benzene rings is 2. The fourth-order valence-electron chi connectivity index (χ4n) is 1.92. The monoisotopic (exact) mass is 408 g/mol. The van der Waals surface area contributed by atoms with Gasteiger partial charge in [-0.3, -0.25) is 9.11 Å². The van der Waals surface area contributed by atoms with Gasteiger partial charge in [0.1, 0.15) is 0 Å². The van der Waals surface area contributed by atoms with Crippen LogP contribution in [0.5, 0.6) is 0 Å². The van der Waals surface area contributed by atoms with E-state index in [0.29, 0.717) is 18.9 Å². The summed E-state index contributed by atoms with van der Waals surface area (Å²) in [7, 11) is -7.33. The molecule has 0 aliphatic rings. The van der Waals surface area contributed by atoms with Crippen molar-refractivity contribution >= 4 is 31.0 Å². The quantitative estimate of drug-likeness (QED) is 0.550. The first kappa shape index (κ1) is 24.4. The molecule has 1 atom stereocenters. The Morgan fingerprint density at radius 3 is 1.85 bits per heavy atom. The summed E-state index contributed by atoms with van der Waals surface area (Å²) in [4.78, 5) is 0. The second-order valence-electron chi connectivity index (χ2n) is 5.48. The molecule has 0 bridgehead atoms. The summed E-state index contributed by atoms with van der Waals surface area (Å²) >= 11 is 0. The highest BCUT2D eigenvalue weighted by molar-refractivity contribution is 7.85. The lowest BCUT2D eigenvalue weighted by Crippen LogP contribution is -2.12. The first-order valence-corrected chi connectivity index (χ1v) is 11.1. The third-order valence-corrected chi connectivity index (χ3v) is 2.84. The topological polar surface area (TPSA) is 149 Å². The van der Waals surface area contributed by atoms with Gasteiger partial charge in [-0.25, -0.2) is 0 Å². The van der Waals surface area contributed by atoms with Crippen molar-refractivity contribution in [2.75, 3.05) is 19.1 Å². The minimum absolute atomic E-state index is 0.162. The van der Waals surface area contributed by atoms with E-state index in [4.69, 9.17) is 14.2 Å². The van der Waals surface area contributed by atoms with Crippen LogP contribution in [0.25, 0.3) is 10.8 Å². The average Bonchev–Trinajstić information content (AvgIpc) is 2.49. The number of hydrogen-bond acceptors (Lipinski definition) is 6. The minimum atomic E-state index is -3.67. The number of aliphatic hydroxyl groups is 2. The Labute approximate surface area is 153 Å². The van der Waals surface area contributed by atoms with Gasteiger partial charge >= 0.3 is 0 Å². The molecule has 2 rings (SSSR count). The zero-order valence-corrected chi connectivity index (χ0v) is 16.1. The maximum absolute atomic E-state index is 9.34. The highest BCUT2D eigenvalue weighted by Crippen LogP contribution is 2.20. The largest absolute Gasteiger partial charge is 0.394 e. The minimum Gasteiger partial charge on any atom is -0.394 e. The normalized spacial score (nSPS) is 12.4. The lowest BCUT2D eigenvalue weighted by atomic mass is 10.00. The molecule has 0 saturated carbocycles. The fourth-order valence-corrected chi connectivity index (χ4v) is 1.92. The number of rotatable bonds is 4. The van der Waals surface area contributed by atoms with Crippen LogP contribution in [0.15, 0.2) is 42.5 Å². The van der Waals surface area contributed by atoms with Crippen molar-refractivity contribution in [1.29, 1.82) is 0 Å². The molecule has 0 radical (unpaired) electrons. The van der Waals surface area contributed by atoms with Crippen molar-refractivity contribution in [2.24, 2.45) is 0 Å². The second-order valence-corrected chi connectivity index (χ2v) is 8.41. The lowest BCUT2D eigenvalue weighted by molar-refractivity contribution is 0.0886. The molecule has 0 heterocycles. The zero-order valence-electron chi connectivity index (χ0n) is 14.5. The summed E-state index contributed by atoms with van der Waals surface area (Å²) in [5.74, 6) is 0. The predicted molar refractivity (Wildman–Crippen MR) is 100 cm³/mol. The van der Waals surface area contributed by atoms with Crippen LogP contribution in [-0.4, -0.2) is 61.4 Å². The van der Waals surface area contributed by atoms with Crippen LogP contribution in [0, 0.1) is 0 Å². The molecule has 10 heteroatoms. The Morgan fingerprint density at radius 1 is 0.885 bits per heavy atom. The number of hydrogen-bond donors (Lipinski definition) is 4. The van der Waals surface area contributed by atoms with Crippen LogP contribution in [0.2, 0.25) is 0 Å². The molecule has 4 N–H and O–H groups in total. The van der Waals surface area contributed by atoms with Gasteiger partial charge in [0.05, 0.1) is 25.2 Å². The van der Waals surface area contributed by atoms with E-state index in [2.05, 4.69) is 24.3 Å². The van der Waals surface area contributed by atoms with Crippen molar-refractivity contribution in [2.45, 2.75) is 18.9 Å². The van der Waals surface area contributed by atoms with Crippen molar-refractivity contribution in [3.05, 3.63) is 48.0 Å². The molecule has 0 aliphatic carbocycles. The van der Waals surface area contributed by atoms with Gasteiger partial charge in [-0.05, 0) is 29.2 Å². The standard InChI is InChI=1S/C14H16O2.2CH4O3S/c15-10-13(16)9-8-12-6-3-5-11-4-1-2-7-14(11)12;2*1-5(2,3)4/h1-7,13,15-16H,8-10H2;2*1H3,(H,2,3,4).